The lowest BCUT2D eigenvalue weighted by molar-refractivity contribution is -0.384. The highest BCUT2D eigenvalue weighted by Crippen LogP contribution is 2.44. The molecule has 0 radical (unpaired) electrons. The van der Waals surface area contributed by atoms with Gasteiger partial charge in [0.15, 0.2) is 0 Å². The first kappa shape index (κ1) is 17.5. The summed E-state index contributed by atoms with van der Waals surface area (Å²) < 4.78 is 63.0. The van der Waals surface area contributed by atoms with Gasteiger partial charge >= 0.3 is 23.8 Å². The Morgan fingerprint density at radius 3 is 2.41 bits per heavy atom. The number of carboxylic acid groups (broad SMARTS) is 1. The van der Waals surface area contributed by atoms with Gasteiger partial charge in [-0.15, -0.1) is 0 Å². The van der Waals surface area contributed by atoms with Gasteiger partial charge in [-0.25, -0.2) is 4.98 Å². The van der Waals surface area contributed by atoms with Crippen LogP contribution in [0.1, 0.15) is 12.1 Å². The van der Waals surface area contributed by atoms with Crippen LogP contribution < -0.4 is 5.32 Å². The number of aliphatic carboxylic acids is 1. The maximum Gasteiger partial charge on any atom is 0.459 e. The number of rotatable bonds is 6. The van der Waals surface area contributed by atoms with Gasteiger partial charge in [0, 0.05) is 6.54 Å². The highest BCUT2D eigenvalue weighted by Gasteiger charge is 2.60. The maximum absolute atomic E-state index is 13.1. The Morgan fingerprint density at radius 2 is 1.95 bits per heavy atom. The van der Waals surface area contributed by atoms with Crippen molar-refractivity contribution in [1.82, 2.24) is 4.98 Å². The molecule has 0 saturated carbocycles. The number of anilines is 1. The van der Waals surface area contributed by atoms with Gasteiger partial charge in [-0.05, 0) is 6.07 Å². The lowest BCUT2D eigenvalue weighted by Gasteiger charge is -2.19. The normalized spacial score (nSPS) is 12.0. The molecule has 0 spiro atoms. The monoisotopic (exact) mass is 329 g/mol. The molecule has 0 aliphatic heterocycles. The second-order valence-electron chi connectivity index (χ2n) is 3.99. The first-order chi connectivity index (χ1) is 9.96. The Labute approximate surface area is 118 Å². The quantitative estimate of drug-likeness (QED) is 0.472. The number of hydrogen-bond acceptors (Lipinski definition) is 5. The lowest BCUT2D eigenvalue weighted by Crippen LogP contribution is -2.34. The van der Waals surface area contributed by atoms with Crippen LogP contribution in [-0.4, -0.2) is 33.7 Å². The van der Waals surface area contributed by atoms with E-state index in [1.165, 1.54) is 0 Å². The minimum absolute atomic E-state index is 0.174. The molecule has 2 N–H and O–H groups in total. The van der Waals surface area contributed by atoms with E-state index in [1.807, 2.05) is 0 Å². The summed E-state index contributed by atoms with van der Waals surface area (Å²) in [5, 5.41) is 21.2. The van der Waals surface area contributed by atoms with Crippen LogP contribution in [0.4, 0.5) is 33.3 Å². The van der Waals surface area contributed by atoms with E-state index in [-0.39, 0.29) is 12.3 Å². The number of nitrogens with one attached hydrogen (secondary N) is 1. The average molecular weight is 329 g/mol. The van der Waals surface area contributed by atoms with E-state index in [4.69, 9.17) is 5.11 Å². The molecule has 0 aliphatic carbocycles. The third-order valence-electron chi connectivity index (χ3n) is 2.41. The summed E-state index contributed by atoms with van der Waals surface area (Å²) in [5.74, 6) is -6.59. The molecule has 0 atom stereocenters. The molecule has 0 fully saturated rings. The first-order valence-corrected chi connectivity index (χ1v) is 5.52. The van der Waals surface area contributed by atoms with Crippen LogP contribution in [0.2, 0.25) is 0 Å². The van der Waals surface area contributed by atoms with Crippen molar-refractivity contribution in [2.24, 2.45) is 0 Å². The molecule has 0 aliphatic rings. The van der Waals surface area contributed by atoms with Crippen LogP contribution in [0.5, 0.6) is 0 Å². The number of aromatic nitrogens is 1. The molecule has 1 aromatic rings. The molecule has 122 valence electrons. The van der Waals surface area contributed by atoms with Crippen LogP contribution in [-0.2, 0) is 10.7 Å². The largest absolute Gasteiger partial charge is 0.481 e. The number of carboxylic acids is 1. The van der Waals surface area contributed by atoms with Crippen molar-refractivity contribution >= 4 is 17.3 Å². The summed E-state index contributed by atoms with van der Waals surface area (Å²) in [6.07, 6.45) is -6.20. The van der Waals surface area contributed by atoms with Gasteiger partial charge in [-0.2, -0.15) is 22.0 Å². The number of carbonyl (C=O) groups is 1. The van der Waals surface area contributed by atoms with E-state index in [2.05, 4.69) is 10.3 Å². The smallest absolute Gasteiger partial charge is 0.459 e. The molecule has 7 nitrogen and oxygen atoms in total. The second-order valence-corrected chi connectivity index (χ2v) is 3.99. The van der Waals surface area contributed by atoms with Gasteiger partial charge in [-0.1, -0.05) is 0 Å². The highest BCUT2D eigenvalue weighted by atomic mass is 19.4. The van der Waals surface area contributed by atoms with Gasteiger partial charge < -0.3 is 10.4 Å². The molecule has 0 saturated heterocycles. The van der Waals surface area contributed by atoms with Crippen molar-refractivity contribution < 1.29 is 36.8 Å². The molecule has 0 aromatic carbocycles. The van der Waals surface area contributed by atoms with Gasteiger partial charge in [0.2, 0.25) is 0 Å². The number of nitro groups is 1. The Bertz CT molecular complexity index is 590. The van der Waals surface area contributed by atoms with E-state index in [0.29, 0.717) is 0 Å². The van der Waals surface area contributed by atoms with Crippen LogP contribution in [0.15, 0.2) is 12.3 Å². The number of alkyl halides is 5. The van der Waals surface area contributed by atoms with Crippen molar-refractivity contribution in [3.8, 4) is 0 Å². The summed E-state index contributed by atoms with van der Waals surface area (Å²) in [5.41, 5.74) is -3.27. The maximum atomic E-state index is 13.1. The fourth-order valence-electron chi connectivity index (χ4n) is 1.36. The molecule has 12 heteroatoms. The molecule has 1 heterocycles. The number of hydrogen-bond donors (Lipinski definition) is 2. The van der Waals surface area contributed by atoms with Crippen LogP contribution in [0.25, 0.3) is 0 Å². The summed E-state index contributed by atoms with van der Waals surface area (Å²) in [6.45, 7) is -0.406. The Morgan fingerprint density at radius 1 is 1.36 bits per heavy atom. The Kier molecular flexibility index (Phi) is 4.84. The predicted octanol–water partition coefficient (Wildman–Crippen LogP) is 2.53. The molecule has 1 aromatic heterocycles. The van der Waals surface area contributed by atoms with Crippen molar-refractivity contribution in [2.45, 2.75) is 18.5 Å². The zero-order valence-corrected chi connectivity index (χ0v) is 10.5. The molecule has 22 heavy (non-hydrogen) atoms. The Hall–Kier alpha value is -2.53. The van der Waals surface area contributed by atoms with E-state index in [0.717, 1.165) is 0 Å². The summed E-state index contributed by atoms with van der Waals surface area (Å²) in [4.78, 5) is 22.7. The third-order valence-corrected chi connectivity index (χ3v) is 2.41. The van der Waals surface area contributed by atoms with E-state index < -0.39 is 53.0 Å². The SMILES string of the molecule is O=C(O)CCNc1cc(C(F)(F)C(F)(F)F)ncc1[N+](=O)[O-]. The van der Waals surface area contributed by atoms with Crippen molar-refractivity contribution in [1.29, 1.82) is 0 Å². The van der Waals surface area contributed by atoms with Crippen LogP contribution >= 0.6 is 0 Å². The number of pyridine rings is 1. The first-order valence-electron chi connectivity index (χ1n) is 5.52. The third kappa shape index (κ3) is 3.77. The predicted molar refractivity (Wildman–Crippen MR) is 61.6 cm³/mol. The average Bonchev–Trinajstić information content (AvgIpc) is 2.36. The van der Waals surface area contributed by atoms with Gasteiger partial charge in [0.25, 0.3) is 0 Å². The minimum atomic E-state index is -5.92. The van der Waals surface area contributed by atoms with Crippen molar-refractivity contribution in [3.63, 3.8) is 0 Å². The van der Waals surface area contributed by atoms with Crippen LogP contribution in [0, 0.1) is 10.1 Å². The minimum Gasteiger partial charge on any atom is -0.481 e. The summed E-state index contributed by atoms with van der Waals surface area (Å²) in [7, 11) is 0. The standard InChI is InChI=1S/C10H8F5N3O4/c11-9(12,10(13,14)15)7-3-5(16-2-1-8(19)20)6(4-17-7)18(21)22/h3-4H,1-2H2,(H,16,17)(H,19,20). The zero-order valence-electron chi connectivity index (χ0n) is 10.5. The van der Waals surface area contributed by atoms with Crippen molar-refractivity contribution in [2.75, 3.05) is 11.9 Å². The van der Waals surface area contributed by atoms with Crippen molar-refractivity contribution in [3.05, 3.63) is 28.1 Å². The van der Waals surface area contributed by atoms with Gasteiger partial charge in [0.1, 0.15) is 17.6 Å². The molecule has 1 rings (SSSR count). The fourth-order valence-corrected chi connectivity index (χ4v) is 1.36. The number of halogens is 5. The Balaban J connectivity index is 3.19. The molecule has 0 unspecified atom stereocenters. The summed E-state index contributed by atoms with van der Waals surface area (Å²) in [6, 6.07) is 0.174. The second kappa shape index (κ2) is 6.07. The van der Waals surface area contributed by atoms with E-state index in [1.54, 1.807) is 0 Å². The fraction of sp³-hybridized carbons (Fsp3) is 0.400. The molecule has 0 bridgehead atoms. The topological polar surface area (TPSA) is 105 Å². The molecular formula is C10H8F5N3O4. The lowest BCUT2D eigenvalue weighted by atomic mass is 10.1. The van der Waals surface area contributed by atoms with Gasteiger partial charge in [-0.3, -0.25) is 14.9 Å². The highest BCUT2D eigenvalue weighted by molar-refractivity contribution is 5.68. The number of nitrogens with zero attached hydrogens (tertiary/aromatic N) is 2. The zero-order chi connectivity index (χ0) is 17.1. The van der Waals surface area contributed by atoms with E-state index in [9.17, 15) is 36.9 Å². The molecular weight excluding hydrogens is 321 g/mol. The van der Waals surface area contributed by atoms with Gasteiger partial charge in [0.05, 0.1) is 11.3 Å². The van der Waals surface area contributed by atoms with Crippen LogP contribution in [0.3, 0.4) is 0 Å². The van der Waals surface area contributed by atoms with E-state index >= 15 is 0 Å². The summed E-state index contributed by atoms with van der Waals surface area (Å²) >= 11 is 0. The molecule has 0 amide bonds.